The van der Waals surface area contributed by atoms with Crippen molar-refractivity contribution >= 4 is 17.7 Å². The molecule has 2 rings (SSSR count). The molecule has 1 unspecified atom stereocenters. The van der Waals surface area contributed by atoms with E-state index in [9.17, 15) is 4.79 Å². The van der Waals surface area contributed by atoms with Crippen LogP contribution >= 0.6 is 11.8 Å². The highest BCUT2D eigenvalue weighted by Crippen LogP contribution is 2.28. The smallest absolute Gasteiger partial charge is 0.233 e. The quantitative estimate of drug-likeness (QED) is 0.875. The zero-order valence-electron chi connectivity index (χ0n) is 10.7. The van der Waals surface area contributed by atoms with Crippen molar-refractivity contribution < 1.29 is 4.79 Å². The first kappa shape index (κ1) is 13.4. The predicted molar refractivity (Wildman–Crippen MR) is 75.7 cm³/mol. The van der Waals surface area contributed by atoms with Gasteiger partial charge in [-0.1, -0.05) is 18.6 Å². The van der Waals surface area contributed by atoms with Gasteiger partial charge in [0.2, 0.25) is 5.91 Å². The van der Waals surface area contributed by atoms with E-state index in [1.807, 2.05) is 7.05 Å². The molecule has 0 aliphatic carbocycles. The standard InChI is InChI=1S/C14H20N2OS/c1-15-10-11-5-7-12(8-6-11)18-13-4-2-3-9-16-14(13)17/h5-8,13,15H,2-4,9-10H2,1H3,(H,16,17). The lowest BCUT2D eigenvalue weighted by Gasteiger charge is -2.12. The number of rotatable bonds is 4. The number of amides is 1. The fraction of sp³-hybridized carbons (Fsp3) is 0.500. The summed E-state index contributed by atoms with van der Waals surface area (Å²) in [7, 11) is 1.94. The second-order valence-electron chi connectivity index (χ2n) is 4.57. The zero-order valence-corrected chi connectivity index (χ0v) is 11.6. The van der Waals surface area contributed by atoms with E-state index in [4.69, 9.17) is 0 Å². The van der Waals surface area contributed by atoms with E-state index in [1.54, 1.807) is 11.8 Å². The molecule has 4 heteroatoms. The molecule has 0 saturated carbocycles. The largest absolute Gasteiger partial charge is 0.355 e. The van der Waals surface area contributed by atoms with Crippen molar-refractivity contribution in [3.8, 4) is 0 Å². The van der Waals surface area contributed by atoms with Gasteiger partial charge >= 0.3 is 0 Å². The van der Waals surface area contributed by atoms with Crippen molar-refractivity contribution in [1.82, 2.24) is 10.6 Å². The maximum atomic E-state index is 11.8. The molecular formula is C14H20N2OS. The van der Waals surface area contributed by atoms with Crippen LogP contribution in [0.4, 0.5) is 0 Å². The van der Waals surface area contributed by atoms with Crippen LogP contribution in [-0.2, 0) is 11.3 Å². The molecule has 98 valence electrons. The number of carbonyl (C=O) groups excluding carboxylic acids is 1. The van der Waals surface area contributed by atoms with Crippen molar-refractivity contribution in [3.05, 3.63) is 29.8 Å². The van der Waals surface area contributed by atoms with Crippen LogP contribution in [-0.4, -0.2) is 24.7 Å². The van der Waals surface area contributed by atoms with Gasteiger partial charge in [0.25, 0.3) is 0 Å². The molecule has 1 atom stereocenters. The summed E-state index contributed by atoms with van der Waals surface area (Å²) >= 11 is 1.68. The first-order valence-corrected chi connectivity index (χ1v) is 7.35. The Morgan fingerprint density at radius 2 is 2.11 bits per heavy atom. The van der Waals surface area contributed by atoms with Crippen LogP contribution in [0.25, 0.3) is 0 Å². The number of hydrogen-bond donors (Lipinski definition) is 2. The molecular weight excluding hydrogens is 244 g/mol. The minimum absolute atomic E-state index is 0.0719. The van der Waals surface area contributed by atoms with Crippen LogP contribution in [0.15, 0.2) is 29.2 Å². The second-order valence-corrected chi connectivity index (χ2v) is 5.84. The summed E-state index contributed by atoms with van der Waals surface area (Å²) in [6, 6.07) is 8.45. The van der Waals surface area contributed by atoms with Gasteiger partial charge in [0.15, 0.2) is 0 Å². The van der Waals surface area contributed by atoms with Crippen LogP contribution in [0, 0.1) is 0 Å². The van der Waals surface area contributed by atoms with Gasteiger partial charge in [-0.2, -0.15) is 0 Å². The van der Waals surface area contributed by atoms with E-state index in [0.717, 1.165) is 32.4 Å². The molecule has 0 bridgehead atoms. The lowest BCUT2D eigenvalue weighted by atomic mass is 10.2. The summed E-state index contributed by atoms with van der Waals surface area (Å²) in [4.78, 5) is 13.0. The van der Waals surface area contributed by atoms with Crippen molar-refractivity contribution in [1.29, 1.82) is 0 Å². The Bertz CT molecular complexity index is 391. The van der Waals surface area contributed by atoms with Gasteiger partial charge in [-0.15, -0.1) is 11.8 Å². The van der Waals surface area contributed by atoms with E-state index in [0.29, 0.717) is 0 Å². The van der Waals surface area contributed by atoms with Crippen LogP contribution in [0.5, 0.6) is 0 Å². The minimum Gasteiger partial charge on any atom is -0.355 e. The van der Waals surface area contributed by atoms with Gasteiger partial charge in [-0.25, -0.2) is 0 Å². The van der Waals surface area contributed by atoms with E-state index in [1.165, 1.54) is 10.5 Å². The van der Waals surface area contributed by atoms with E-state index >= 15 is 0 Å². The van der Waals surface area contributed by atoms with Gasteiger partial charge in [0, 0.05) is 18.0 Å². The first-order valence-electron chi connectivity index (χ1n) is 6.47. The molecule has 1 aromatic rings. The minimum atomic E-state index is 0.0719. The number of thioether (sulfide) groups is 1. The zero-order chi connectivity index (χ0) is 12.8. The number of hydrogen-bond acceptors (Lipinski definition) is 3. The molecule has 1 aliphatic rings. The van der Waals surface area contributed by atoms with Crippen molar-refractivity contribution in [2.45, 2.75) is 36.0 Å². The molecule has 1 amide bonds. The Labute approximate surface area is 113 Å². The molecule has 0 spiro atoms. The summed E-state index contributed by atoms with van der Waals surface area (Å²) in [5.41, 5.74) is 1.27. The molecule has 2 N–H and O–H groups in total. The van der Waals surface area contributed by atoms with Crippen LogP contribution < -0.4 is 10.6 Å². The first-order chi connectivity index (χ1) is 8.79. The molecule has 3 nitrogen and oxygen atoms in total. The van der Waals surface area contributed by atoms with Crippen LogP contribution in [0.2, 0.25) is 0 Å². The summed E-state index contributed by atoms with van der Waals surface area (Å²) in [5.74, 6) is 0.191. The molecule has 1 saturated heterocycles. The SMILES string of the molecule is CNCc1ccc(SC2CCCCNC2=O)cc1. The van der Waals surface area contributed by atoms with Gasteiger partial charge < -0.3 is 10.6 Å². The Morgan fingerprint density at radius 3 is 2.83 bits per heavy atom. The average Bonchev–Trinajstić information content (AvgIpc) is 2.58. The topological polar surface area (TPSA) is 41.1 Å². The highest BCUT2D eigenvalue weighted by molar-refractivity contribution is 8.00. The average molecular weight is 264 g/mol. The third kappa shape index (κ3) is 3.75. The Balaban J connectivity index is 1.97. The van der Waals surface area contributed by atoms with E-state index < -0.39 is 0 Å². The molecule has 1 aliphatic heterocycles. The summed E-state index contributed by atoms with van der Waals surface area (Å²) in [6.45, 7) is 1.71. The van der Waals surface area contributed by atoms with Gasteiger partial charge in [0.1, 0.15) is 0 Å². The number of nitrogens with one attached hydrogen (secondary N) is 2. The summed E-state index contributed by atoms with van der Waals surface area (Å²) in [5, 5.41) is 6.18. The van der Waals surface area contributed by atoms with Crippen molar-refractivity contribution in [2.24, 2.45) is 0 Å². The molecule has 1 aromatic carbocycles. The Hall–Kier alpha value is -1.00. The van der Waals surface area contributed by atoms with E-state index in [-0.39, 0.29) is 11.2 Å². The third-order valence-electron chi connectivity index (χ3n) is 3.07. The molecule has 1 fully saturated rings. The lowest BCUT2D eigenvalue weighted by Crippen LogP contribution is -2.30. The maximum absolute atomic E-state index is 11.8. The predicted octanol–water partition coefficient (Wildman–Crippen LogP) is 2.17. The van der Waals surface area contributed by atoms with Gasteiger partial charge in [-0.05, 0) is 37.6 Å². The molecule has 0 radical (unpaired) electrons. The second kappa shape index (κ2) is 6.81. The van der Waals surface area contributed by atoms with Crippen molar-refractivity contribution in [2.75, 3.05) is 13.6 Å². The van der Waals surface area contributed by atoms with Crippen molar-refractivity contribution in [3.63, 3.8) is 0 Å². The fourth-order valence-corrected chi connectivity index (χ4v) is 3.17. The number of carbonyl (C=O) groups is 1. The fourth-order valence-electron chi connectivity index (χ4n) is 2.08. The van der Waals surface area contributed by atoms with Gasteiger partial charge in [-0.3, -0.25) is 4.79 Å². The number of benzene rings is 1. The maximum Gasteiger partial charge on any atom is 0.233 e. The normalized spacial score (nSPS) is 20.3. The van der Waals surface area contributed by atoms with Gasteiger partial charge in [0.05, 0.1) is 5.25 Å². The molecule has 0 aromatic heterocycles. The lowest BCUT2D eigenvalue weighted by molar-refractivity contribution is -0.120. The highest BCUT2D eigenvalue weighted by atomic mass is 32.2. The van der Waals surface area contributed by atoms with Crippen LogP contribution in [0.1, 0.15) is 24.8 Å². The van der Waals surface area contributed by atoms with E-state index in [2.05, 4.69) is 34.9 Å². The third-order valence-corrected chi connectivity index (χ3v) is 4.35. The van der Waals surface area contributed by atoms with Crippen LogP contribution in [0.3, 0.4) is 0 Å². The highest BCUT2D eigenvalue weighted by Gasteiger charge is 2.21. The molecule has 18 heavy (non-hydrogen) atoms. The Kier molecular flexibility index (Phi) is 5.08. The Morgan fingerprint density at radius 1 is 1.33 bits per heavy atom. The monoisotopic (exact) mass is 264 g/mol. The summed E-state index contributed by atoms with van der Waals surface area (Å²) < 4.78 is 0. The molecule has 1 heterocycles. The summed E-state index contributed by atoms with van der Waals surface area (Å²) in [6.07, 6.45) is 3.22.